The second-order valence-electron chi connectivity index (χ2n) is 5.10. The minimum Gasteiger partial charge on any atom is -0.493 e. The third-order valence-electron chi connectivity index (χ3n) is 3.54. The predicted molar refractivity (Wildman–Crippen MR) is 91.4 cm³/mol. The number of benzene rings is 2. The van der Waals surface area contributed by atoms with E-state index in [1.807, 2.05) is 31.2 Å². The lowest BCUT2D eigenvalue weighted by atomic mass is 10.1. The number of carbonyl (C=O) groups is 1. The molecule has 0 aliphatic carbocycles. The predicted octanol–water partition coefficient (Wildman–Crippen LogP) is 4.02. The zero-order valence-corrected chi connectivity index (χ0v) is 14.3. The second kappa shape index (κ2) is 7.88. The van der Waals surface area contributed by atoms with Gasteiger partial charge in [0.1, 0.15) is 6.61 Å². The Morgan fingerprint density at radius 1 is 1.13 bits per heavy atom. The molecule has 0 atom stereocenters. The molecule has 0 radical (unpaired) electrons. The third kappa shape index (κ3) is 4.39. The lowest BCUT2D eigenvalue weighted by Gasteiger charge is -2.16. The normalized spacial score (nSPS) is 10.3. The molecule has 122 valence electrons. The van der Waals surface area contributed by atoms with E-state index in [9.17, 15) is 4.79 Å². The molecule has 2 aromatic rings. The summed E-state index contributed by atoms with van der Waals surface area (Å²) >= 11 is 5.86. The molecule has 2 aromatic carbocycles. The molecule has 5 heteroatoms. The lowest BCUT2D eigenvalue weighted by Crippen LogP contribution is -2.26. The number of ether oxygens (including phenoxy) is 2. The number of hydrogen-bond donors (Lipinski definition) is 0. The van der Waals surface area contributed by atoms with E-state index in [0.29, 0.717) is 35.2 Å². The molecule has 0 spiro atoms. The van der Waals surface area contributed by atoms with Crippen molar-refractivity contribution in [3.05, 3.63) is 58.6 Å². The number of carbonyl (C=O) groups excluding carboxylic acids is 1. The zero-order valence-electron chi connectivity index (χ0n) is 13.5. The molecule has 1 amide bonds. The fourth-order valence-corrected chi connectivity index (χ4v) is 2.15. The Bertz CT molecular complexity index is 670. The summed E-state index contributed by atoms with van der Waals surface area (Å²) < 4.78 is 11.1. The van der Waals surface area contributed by atoms with Crippen LogP contribution in [-0.2, 0) is 6.61 Å². The van der Waals surface area contributed by atoms with Gasteiger partial charge in [-0.15, -0.1) is 0 Å². The maximum Gasteiger partial charge on any atom is 0.253 e. The number of nitrogens with zero attached hydrogens (tertiary/aromatic N) is 1. The molecule has 23 heavy (non-hydrogen) atoms. The molecule has 0 saturated heterocycles. The van der Waals surface area contributed by atoms with Crippen molar-refractivity contribution >= 4 is 17.5 Å². The Hall–Kier alpha value is -2.20. The average molecular weight is 334 g/mol. The highest BCUT2D eigenvalue weighted by Crippen LogP contribution is 2.29. The van der Waals surface area contributed by atoms with Gasteiger partial charge in [-0.05, 0) is 42.8 Å². The summed E-state index contributed by atoms with van der Waals surface area (Å²) in [5.41, 5.74) is 1.58. The number of rotatable bonds is 6. The Morgan fingerprint density at radius 2 is 1.83 bits per heavy atom. The maximum absolute atomic E-state index is 12.2. The van der Waals surface area contributed by atoms with Crippen molar-refractivity contribution < 1.29 is 14.3 Å². The average Bonchev–Trinajstić information content (AvgIpc) is 2.59. The molecule has 4 nitrogen and oxygen atoms in total. The lowest BCUT2D eigenvalue weighted by molar-refractivity contribution is 0.0802. The molecule has 0 aliphatic rings. The van der Waals surface area contributed by atoms with E-state index < -0.39 is 0 Å². The van der Waals surface area contributed by atoms with Crippen LogP contribution >= 0.6 is 11.6 Å². The highest BCUT2D eigenvalue weighted by Gasteiger charge is 2.14. The standard InChI is InChI=1S/C18H20ClNO3/c1-4-20(2)18(21)14-7-10-16(17(11-14)22-3)23-12-13-5-8-15(19)9-6-13/h5-11H,4,12H2,1-3H3. The third-order valence-corrected chi connectivity index (χ3v) is 3.79. The molecule has 0 aromatic heterocycles. The van der Waals surface area contributed by atoms with E-state index in [-0.39, 0.29) is 5.91 Å². The van der Waals surface area contributed by atoms with Gasteiger partial charge in [-0.2, -0.15) is 0 Å². The summed E-state index contributed by atoms with van der Waals surface area (Å²) in [5.74, 6) is 1.09. The van der Waals surface area contributed by atoms with E-state index in [1.54, 1.807) is 37.3 Å². The number of halogens is 1. The van der Waals surface area contributed by atoms with Gasteiger partial charge >= 0.3 is 0 Å². The van der Waals surface area contributed by atoms with Gasteiger partial charge in [0.25, 0.3) is 5.91 Å². The fourth-order valence-electron chi connectivity index (χ4n) is 2.03. The van der Waals surface area contributed by atoms with Gasteiger partial charge in [-0.3, -0.25) is 4.79 Å². The van der Waals surface area contributed by atoms with Crippen molar-refractivity contribution in [2.24, 2.45) is 0 Å². The van der Waals surface area contributed by atoms with E-state index in [4.69, 9.17) is 21.1 Å². The van der Waals surface area contributed by atoms with Crippen LogP contribution in [0.15, 0.2) is 42.5 Å². The van der Waals surface area contributed by atoms with Crippen molar-refractivity contribution in [2.45, 2.75) is 13.5 Å². The van der Waals surface area contributed by atoms with E-state index >= 15 is 0 Å². The highest BCUT2D eigenvalue weighted by molar-refractivity contribution is 6.30. The van der Waals surface area contributed by atoms with Crippen molar-refractivity contribution in [2.75, 3.05) is 20.7 Å². The van der Waals surface area contributed by atoms with Crippen LogP contribution in [0.3, 0.4) is 0 Å². The topological polar surface area (TPSA) is 38.8 Å². The van der Waals surface area contributed by atoms with E-state index in [1.165, 1.54) is 0 Å². The van der Waals surface area contributed by atoms with Gasteiger partial charge in [-0.25, -0.2) is 0 Å². The first kappa shape index (κ1) is 17.2. The SMILES string of the molecule is CCN(C)C(=O)c1ccc(OCc2ccc(Cl)cc2)c(OC)c1. The van der Waals surface area contributed by atoms with Crippen LogP contribution in [0.25, 0.3) is 0 Å². The number of amides is 1. The Labute approximate surface area is 141 Å². The molecule has 2 rings (SSSR count). The molecule has 0 bridgehead atoms. The quantitative estimate of drug-likeness (QED) is 0.801. The van der Waals surface area contributed by atoms with Crippen LogP contribution in [0.5, 0.6) is 11.5 Å². The number of methoxy groups -OCH3 is 1. The van der Waals surface area contributed by atoms with Crippen molar-refractivity contribution in [3.8, 4) is 11.5 Å². The smallest absolute Gasteiger partial charge is 0.253 e. The van der Waals surface area contributed by atoms with Crippen LogP contribution in [0.2, 0.25) is 5.02 Å². The first-order valence-corrected chi connectivity index (χ1v) is 7.73. The summed E-state index contributed by atoms with van der Waals surface area (Å²) in [5, 5.41) is 0.689. The summed E-state index contributed by atoms with van der Waals surface area (Å²) in [4.78, 5) is 13.8. The van der Waals surface area contributed by atoms with Crippen LogP contribution in [0, 0.1) is 0 Å². The monoisotopic (exact) mass is 333 g/mol. The van der Waals surface area contributed by atoms with Crippen LogP contribution in [0.4, 0.5) is 0 Å². The molecule has 0 aliphatic heterocycles. The van der Waals surface area contributed by atoms with Gasteiger partial charge in [0.05, 0.1) is 7.11 Å². The van der Waals surface area contributed by atoms with Gasteiger partial charge in [0, 0.05) is 24.2 Å². The van der Waals surface area contributed by atoms with Crippen LogP contribution < -0.4 is 9.47 Å². The van der Waals surface area contributed by atoms with Gasteiger partial charge in [0.2, 0.25) is 0 Å². The first-order valence-electron chi connectivity index (χ1n) is 7.36. The van der Waals surface area contributed by atoms with Gasteiger partial charge in [0.15, 0.2) is 11.5 Å². The summed E-state index contributed by atoms with van der Waals surface area (Å²) in [6, 6.07) is 12.6. The van der Waals surface area contributed by atoms with Crippen molar-refractivity contribution in [3.63, 3.8) is 0 Å². The highest BCUT2D eigenvalue weighted by atomic mass is 35.5. The number of hydrogen-bond acceptors (Lipinski definition) is 3. The van der Waals surface area contributed by atoms with Crippen molar-refractivity contribution in [1.82, 2.24) is 4.90 Å². The molecule has 0 unspecified atom stereocenters. The fraction of sp³-hybridized carbons (Fsp3) is 0.278. The van der Waals surface area contributed by atoms with Crippen molar-refractivity contribution in [1.29, 1.82) is 0 Å². The van der Waals surface area contributed by atoms with Gasteiger partial charge < -0.3 is 14.4 Å². The molecule has 0 heterocycles. The Kier molecular flexibility index (Phi) is 5.88. The summed E-state index contributed by atoms with van der Waals surface area (Å²) in [7, 11) is 3.32. The molecular formula is C18H20ClNO3. The van der Waals surface area contributed by atoms with E-state index in [2.05, 4.69) is 0 Å². The van der Waals surface area contributed by atoms with Gasteiger partial charge in [-0.1, -0.05) is 23.7 Å². The summed E-state index contributed by atoms with van der Waals surface area (Å²) in [6.45, 7) is 2.98. The second-order valence-corrected chi connectivity index (χ2v) is 5.54. The van der Waals surface area contributed by atoms with Crippen LogP contribution in [-0.4, -0.2) is 31.5 Å². The Balaban J connectivity index is 2.13. The Morgan fingerprint density at radius 3 is 2.43 bits per heavy atom. The minimum atomic E-state index is -0.0462. The van der Waals surface area contributed by atoms with Crippen LogP contribution in [0.1, 0.15) is 22.8 Å². The first-order chi connectivity index (χ1) is 11.0. The molecule has 0 N–H and O–H groups in total. The van der Waals surface area contributed by atoms with E-state index in [0.717, 1.165) is 5.56 Å². The molecule has 0 fully saturated rings. The summed E-state index contributed by atoms with van der Waals surface area (Å²) in [6.07, 6.45) is 0. The minimum absolute atomic E-state index is 0.0462. The largest absolute Gasteiger partial charge is 0.493 e. The molecule has 0 saturated carbocycles. The zero-order chi connectivity index (χ0) is 16.8. The maximum atomic E-state index is 12.2. The molecular weight excluding hydrogens is 314 g/mol.